The van der Waals surface area contributed by atoms with Gasteiger partial charge < -0.3 is 15.0 Å². The number of fused-ring (bicyclic) bond motifs is 1. The monoisotopic (exact) mass is 538 g/mol. The van der Waals surface area contributed by atoms with E-state index in [0.29, 0.717) is 34.3 Å². The number of aromatic nitrogens is 5. The highest BCUT2D eigenvalue weighted by Gasteiger charge is 2.30. The van der Waals surface area contributed by atoms with Gasteiger partial charge in [-0.1, -0.05) is 32.4 Å². The molecule has 1 aromatic carbocycles. The van der Waals surface area contributed by atoms with Crippen molar-refractivity contribution in [2.24, 2.45) is 5.92 Å². The summed E-state index contributed by atoms with van der Waals surface area (Å²) in [5.74, 6) is -0.279. The van der Waals surface area contributed by atoms with Gasteiger partial charge in [-0.05, 0) is 67.0 Å². The molecule has 0 aliphatic heterocycles. The zero-order valence-electron chi connectivity index (χ0n) is 21.8. The van der Waals surface area contributed by atoms with Crippen molar-refractivity contribution in [3.63, 3.8) is 0 Å². The number of carboxylic acids is 1. The number of halogens is 3. The lowest BCUT2D eigenvalue weighted by Gasteiger charge is -2.32. The minimum absolute atomic E-state index is 0.0266. The van der Waals surface area contributed by atoms with Crippen LogP contribution < -0.4 is 5.32 Å². The Hall–Kier alpha value is -4.02. The van der Waals surface area contributed by atoms with Crippen LogP contribution in [-0.4, -0.2) is 41.6 Å². The molecule has 1 aliphatic carbocycles. The molecular formula is C28H29F3N6O2. The highest BCUT2D eigenvalue weighted by Crippen LogP contribution is 2.34. The molecule has 0 radical (unpaired) electrons. The molecule has 3 heterocycles. The SMILES string of the molecule is CC(C)c1ccnc(-c2nc3nc(C(=O)O)nc(NC(C)C4CCC4)c3n2Cc2ccc(C(F)(F)F)cc2)c1. The smallest absolute Gasteiger partial charge is 0.416 e. The Balaban J connectivity index is 1.69. The first kappa shape index (κ1) is 26.6. The third-order valence-electron chi connectivity index (χ3n) is 7.32. The van der Waals surface area contributed by atoms with Gasteiger partial charge in [-0.2, -0.15) is 13.2 Å². The molecule has 3 aromatic heterocycles. The average Bonchev–Trinajstić information content (AvgIpc) is 3.21. The minimum Gasteiger partial charge on any atom is -0.475 e. The van der Waals surface area contributed by atoms with Crippen LogP contribution in [0.15, 0.2) is 42.6 Å². The quantitative estimate of drug-likeness (QED) is 0.268. The molecule has 0 bridgehead atoms. The van der Waals surface area contributed by atoms with Crippen molar-refractivity contribution in [3.8, 4) is 11.5 Å². The summed E-state index contributed by atoms with van der Waals surface area (Å²) in [6, 6.07) is 8.78. The summed E-state index contributed by atoms with van der Waals surface area (Å²) in [7, 11) is 0. The molecule has 2 N–H and O–H groups in total. The molecule has 1 atom stereocenters. The van der Waals surface area contributed by atoms with Gasteiger partial charge in [0.15, 0.2) is 17.3 Å². The number of alkyl halides is 3. The summed E-state index contributed by atoms with van der Waals surface area (Å²) in [4.78, 5) is 29.6. The van der Waals surface area contributed by atoms with Crippen molar-refractivity contribution in [2.75, 3.05) is 5.32 Å². The number of hydrogen-bond acceptors (Lipinski definition) is 6. The van der Waals surface area contributed by atoms with E-state index in [4.69, 9.17) is 4.98 Å². The summed E-state index contributed by atoms with van der Waals surface area (Å²) >= 11 is 0. The van der Waals surface area contributed by atoms with E-state index >= 15 is 0 Å². The lowest BCUT2D eigenvalue weighted by atomic mass is 9.80. The number of hydrogen-bond donors (Lipinski definition) is 2. The van der Waals surface area contributed by atoms with Gasteiger partial charge in [0.2, 0.25) is 5.82 Å². The zero-order valence-corrected chi connectivity index (χ0v) is 21.8. The van der Waals surface area contributed by atoms with Crippen molar-refractivity contribution in [2.45, 2.75) is 64.7 Å². The fourth-order valence-electron chi connectivity index (χ4n) is 4.77. The summed E-state index contributed by atoms with van der Waals surface area (Å²) in [5.41, 5.74) is 2.08. The van der Waals surface area contributed by atoms with Gasteiger partial charge in [0, 0.05) is 18.8 Å². The van der Waals surface area contributed by atoms with Crippen LogP contribution >= 0.6 is 0 Å². The van der Waals surface area contributed by atoms with E-state index in [-0.39, 0.29) is 30.0 Å². The Morgan fingerprint density at radius 2 is 1.82 bits per heavy atom. The van der Waals surface area contributed by atoms with Crippen LogP contribution in [-0.2, 0) is 12.7 Å². The number of carboxylic acid groups (broad SMARTS) is 1. The first-order valence-corrected chi connectivity index (χ1v) is 12.9. The summed E-state index contributed by atoms with van der Waals surface area (Å²) in [6.45, 7) is 6.29. The molecule has 0 saturated heterocycles. The predicted molar refractivity (Wildman–Crippen MR) is 141 cm³/mol. The third kappa shape index (κ3) is 5.43. The van der Waals surface area contributed by atoms with Gasteiger partial charge in [-0.3, -0.25) is 4.98 Å². The number of carbonyl (C=O) groups is 1. The summed E-state index contributed by atoms with van der Waals surface area (Å²) in [6.07, 6.45) is 0.511. The molecule has 1 saturated carbocycles. The zero-order chi connectivity index (χ0) is 27.9. The minimum atomic E-state index is -4.44. The largest absolute Gasteiger partial charge is 0.475 e. The molecule has 1 fully saturated rings. The standard InChI is InChI=1S/C28H29F3N6O2/c1-15(2)19-11-12-32-21(13-19)26-36-24-22(37(26)14-17-7-9-20(10-8-17)28(29,30)31)23(34-25(35-24)27(38)39)33-16(3)18-5-4-6-18/h7-13,15-16,18H,4-6,14H2,1-3H3,(H,38,39)(H,33,34,35). The normalized spacial score (nSPS) is 14.9. The maximum absolute atomic E-state index is 13.2. The first-order chi connectivity index (χ1) is 18.5. The molecular weight excluding hydrogens is 509 g/mol. The Morgan fingerprint density at radius 3 is 2.41 bits per heavy atom. The number of pyridine rings is 1. The second-order valence-electron chi connectivity index (χ2n) is 10.3. The number of anilines is 1. The van der Waals surface area contributed by atoms with Gasteiger partial charge in [0.05, 0.1) is 5.56 Å². The highest BCUT2D eigenvalue weighted by molar-refractivity contribution is 5.92. The van der Waals surface area contributed by atoms with E-state index in [0.717, 1.165) is 37.0 Å². The molecule has 204 valence electrons. The van der Waals surface area contributed by atoms with Crippen LogP contribution in [0, 0.1) is 5.92 Å². The van der Waals surface area contributed by atoms with Crippen LogP contribution in [0.4, 0.5) is 19.0 Å². The lowest BCUT2D eigenvalue weighted by molar-refractivity contribution is -0.137. The summed E-state index contributed by atoms with van der Waals surface area (Å²) < 4.78 is 41.3. The van der Waals surface area contributed by atoms with Crippen molar-refractivity contribution in [1.29, 1.82) is 0 Å². The number of aromatic carboxylic acids is 1. The molecule has 0 spiro atoms. The summed E-state index contributed by atoms with van der Waals surface area (Å²) in [5, 5.41) is 13.1. The van der Waals surface area contributed by atoms with Crippen molar-refractivity contribution in [1.82, 2.24) is 24.5 Å². The van der Waals surface area contributed by atoms with Gasteiger partial charge in [0.1, 0.15) is 11.2 Å². The van der Waals surface area contributed by atoms with E-state index in [9.17, 15) is 23.1 Å². The fourth-order valence-corrected chi connectivity index (χ4v) is 4.77. The fraction of sp³-hybridized carbons (Fsp3) is 0.393. The van der Waals surface area contributed by atoms with Crippen LogP contribution in [0.1, 0.15) is 73.3 Å². The second-order valence-corrected chi connectivity index (χ2v) is 10.3. The lowest BCUT2D eigenvalue weighted by Crippen LogP contribution is -2.31. The Bertz CT molecular complexity index is 1510. The third-order valence-corrected chi connectivity index (χ3v) is 7.32. The predicted octanol–water partition coefficient (Wildman–Crippen LogP) is 6.38. The second kappa shape index (κ2) is 10.3. The number of nitrogens with one attached hydrogen (secondary N) is 1. The molecule has 11 heteroatoms. The van der Waals surface area contributed by atoms with Gasteiger partial charge in [-0.15, -0.1) is 0 Å². The van der Waals surface area contributed by atoms with Crippen LogP contribution in [0.3, 0.4) is 0 Å². The average molecular weight is 539 g/mol. The van der Waals surface area contributed by atoms with Crippen molar-refractivity contribution < 1.29 is 23.1 Å². The van der Waals surface area contributed by atoms with E-state index in [1.807, 2.05) is 19.1 Å². The first-order valence-electron chi connectivity index (χ1n) is 12.9. The van der Waals surface area contributed by atoms with Crippen LogP contribution in [0.5, 0.6) is 0 Å². The number of rotatable bonds is 8. The maximum atomic E-state index is 13.2. The highest BCUT2D eigenvalue weighted by atomic mass is 19.4. The van der Waals surface area contributed by atoms with E-state index in [1.165, 1.54) is 12.1 Å². The number of imidazole rings is 1. The molecule has 1 unspecified atom stereocenters. The molecule has 39 heavy (non-hydrogen) atoms. The number of benzene rings is 1. The molecule has 1 aliphatic rings. The van der Waals surface area contributed by atoms with Crippen LogP contribution in [0.25, 0.3) is 22.7 Å². The van der Waals surface area contributed by atoms with Gasteiger partial charge in [0.25, 0.3) is 0 Å². The van der Waals surface area contributed by atoms with Gasteiger partial charge in [-0.25, -0.2) is 19.7 Å². The maximum Gasteiger partial charge on any atom is 0.416 e. The van der Waals surface area contributed by atoms with E-state index in [1.54, 1.807) is 10.8 Å². The molecule has 8 nitrogen and oxygen atoms in total. The molecule has 0 amide bonds. The van der Waals surface area contributed by atoms with Crippen LogP contribution in [0.2, 0.25) is 0 Å². The molecule has 5 rings (SSSR count). The Labute approximate surface area is 223 Å². The number of nitrogens with zero attached hydrogens (tertiary/aromatic N) is 5. The van der Waals surface area contributed by atoms with E-state index < -0.39 is 17.7 Å². The topological polar surface area (TPSA) is 106 Å². The van der Waals surface area contributed by atoms with Gasteiger partial charge >= 0.3 is 12.1 Å². The molecule has 4 aromatic rings. The Morgan fingerprint density at radius 1 is 1.10 bits per heavy atom. The van der Waals surface area contributed by atoms with Crippen molar-refractivity contribution >= 4 is 23.0 Å². The van der Waals surface area contributed by atoms with Crippen molar-refractivity contribution in [3.05, 3.63) is 65.1 Å². The Kier molecular flexibility index (Phi) is 7.00. The van der Waals surface area contributed by atoms with E-state index in [2.05, 4.69) is 34.1 Å².